The summed E-state index contributed by atoms with van der Waals surface area (Å²) in [7, 11) is 0. The Balaban J connectivity index is 1.32. The van der Waals surface area contributed by atoms with E-state index in [4.69, 9.17) is 4.42 Å². The van der Waals surface area contributed by atoms with Gasteiger partial charge >= 0.3 is 0 Å². The van der Waals surface area contributed by atoms with Gasteiger partial charge in [0.05, 0.1) is 11.1 Å². The normalized spacial score (nSPS) is 14.3. The van der Waals surface area contributed by atoms with Gasteiger partial charge in [-0.1, -0.05) is 38.1 Å². The monoisotopic (exact) mass is 428 g/mol. The van der Waals surface area contributed by atoms with Crippen molar-refractivity contribution >= 4 is 22.6 Å². The first-order chi connectivity index (χ1) is 15.6. The highest BCUT2D eigenvalue weighted by Crippen LogP contribution is 2.29. The molecule has 0 aliphatic carbocycles. The molecule has 1 aliphatic rings. The molecular weight excluding hydrogens is 404 g/mol. The van der Waals surface area contributed by atoms with Crippen molar-refractivity contribution < 1.29 is 9.21 Å². The van der Waals surface area contributed by atoms with Gasteiger partial charge in [0.25, 0.3) is 11.8 Å². The van der Waals surface area contributed by atoms with Crippen LogP contribution < -0.4 is 4.90 Å². The molecule has 0 radical (unpaired) electrons. The van der Waals surface area contributed by atoms with Gasteiger partial charge in [0.2, 0.25) is 5.89 Å². The van der Waals surface area contributed by atoms with E-state index in [1.165, 1.54) is 0 Å². The van der Waals surface area contributed by atoms with Crippen molar-refractivity contribution in [1.29, 1.82) is 0 Å². The van der Waals surface area contributed by atoms with E-state index in [0.29, 0.717) is 43.7 Å². The molecule has 0 spiro atoms. The maximum atomic E-state index is 13.0. The van der Waals surface area contributed by atoms with E-state index >= 15 is 0 Å². The summed E-state index contributed by atoms with van der Waals surface area (Å²) < 4.78 is 5.85. The van der Waals surface area contributed by atoms with Crippen molar-refractivity contribution in [1.82, 2.24) is 25.1 Å². The molecule has 4 aromatic rings. The van der Waals surface area contributed by atoms with E-state index in [9.17, 15) is 4.79 Å². The molecule has 5 rings (SSSR count). The number of amides is 1. The Bertz CT molecular complexity index is 1260. The van der Waals surface area contributed by atoms with E-state index in [0.717, 1.165) is 22.3 Å². The van der Waals surface area contributed by atoms with Gasteiger partial charge in [-0.2, -0.15) is 0 Å². The molecule has 1 aliphatic heterocycles. The Labute approximate surface area is 185 Å². The molecule has 0 bridgehead atoms. The molecule has 162 valence electrons. The minimum Gasteiger partial charge on any atom is -0.420 e. The van der Waals surface area contributed by atoms with Crippen LogP contribution in [0.4, 0.5) is 5.82 Å². The Kier molecular flexibility index (Phi) is 5.26. The van der Waals surface area contributed by atoms with Crippen LogP contribution in [0.15, 0.2) is 59.1 Å². The van der Waals surface area contributed by atoms with Crippen molar-refractivity contribution in [2.24, 2.45) is 0 Å². The SMILES string of the molecule is CC(C)c1nnc(-c2cccnc2N2CCN(C(=O)c3ccc4ccccc4n3)CC2)o1. The topological polar surface area (TPSA) is 88.3 Å². The summed E-state index contributed by atoms with van der Waals surface area (Å²) in [6.45, 7) is 6.53. The fourth-order valence-corrected chi connectivity index (χ4v) is 3.86. The van der Waals surface area contributed by atoms with Gasteiger partial charge in [0.1, 0.15) is 11.5 Å². The Morgan fingerprint density at radius 3 is 2.56 bits per heavy atom. The minimum atomic E-state index is -0.0462. The molecule has 1 aromatic carbocycles. The number of pyridine rings is 2. The van der Waals surface area contributed by atoms with Crippen molar-refractivity contribution in [2.75, 3.05) is 31.1 Å². The highest BCUT2D eigenvalue weighted by Gasteiger charge is 2.26. The summed E-state index contributed by atoms with van der Waals surface area (Å²) >= 11 is 0. The quantitative estimate of drug-likeness (QED) is 0.489. The van der Waals surface area contributed by atoms with Crippen LogP contribution in [0.5, 0.6) is 0 Å². The molecule has 0 saturated carbocycles. The summed E-state index contributed by atoms with van der Waals surface area (Å²) in [6, 6.07) is 15.4. The van der Waals surface area contributed by atoms with Gasteiger partial charge < -0.3 is 14.2 Å². The Morgan fingerprint density at radius 1 is 0.969 bits per heavy atom. The van der Waals surface area contributed by atoms with Gasteiger partial charge in [0.15, 0.2) is 0 Å². The Hall–Kier alpha value is -3.81. The number of hydrogen-bond donors (Lipinski definition) is 0. The van der Waals surface area contributed by atoms with E-state index in [2.05, 4.69) is 25.1 Å². The highest BCUT2D eigenvalue weighted by atomic mass is 16.4. The highest BCUT2D eigenvalue weighted by molar-refractivity contribution is 5.95. The number of para-hydroxylation sites is 1. The van der Waals surface area contributed by atoms with Crippen LogP contribution in [-0.4, -0.2) is 57.2 Å². The first-order valence-electron chi connectivity index (χ1n) is 10.8. The second-order valence-corrected chi connectivity index (χ2v) is 8.14. The lowest BCUT2D eigenvalue weighted by Gasteiger charge is -2.35. The largest absolute Gasteiger partial charge is 0.420 e. The molecule has 0 atom stereocenters. The molecule has 1 saturated heterocycles. The number of piperazine rings is 1. The fraction of sp³-hybridized carbons (Fsp3) is 0.292. The molecule has 0 unspecified atom stereocenters. The fourth-order valence-electron chi connectivity index (χ4n) is 3.86. The number of rotatable bonds is 4. The summed E-state index contributed by atoms with van der Waals surface area (Å²) in [6.07, 6.45) is 1.76. The van der Waals surface area contributed by atoms with Crippen LogP contribution in [0, 0.1) is 0 Å². The molecule has 4 heterocycles. The first-order valence-corrected chi connectivity index (χ1v) is 10.8. The van der Waals surface area contributed by atoms with Gasteiger partial charge in [-0.25, -0.2) is 9.97 Å². The average Bonchev–Trinajstić information content (AvgIpc) is 3.34. The van der Waals surface area contributed by atoms with Gasteiger partial charge in [-0.05, 0) is 24.3 Å². The van der Waals surface area contributed by atoms with Crippen LogP contribution in [-0.2, 0) is 0 Å². The van der Waals surface area contributed by atoms with Gasteiger partial charge in [0, 0.05) is 43.7 Å². The van der Waals surface area contributed by atoms with Crippen LogP contribution >= 0.6 is 0 Å². The summed E-state index contributed by atoms with van der Waals surface area (Å²) in [5.74, 6) is 1.98. The summed E-state index contributed by atoms with van der Waals surface area (Å²) in [4.78, 5) is 26.2. The Morgan fingerprint density at radius 2 is 1.78 bits per heavy atom. The van der Waals surface area contributed by atoms with E-state index in [1.54, 1.807) is 12.3 Å². The van der Waals surface area contributed by atoms with Crippen LogP contribution in [0.3, 0.4) is 0 Å². The lowest BCUT2D eigenvalue weighted by Crippen LogP contribution is -2.49. The molecule has 1 amide bonds. The maximum Gasteiger partial charge on any atom is 0.272 e. The van der Waals surface area contributed by atoms with Crippen LogP contribution in [0.2, 0.25) is 0 Å². The lowest BCUT2D eigenvalue weighted by molar-refractivity contribution is 0.0741. The zero-order chi connectivity index (χ0) is 22.1. The molecule has 32 heavy (non-hydrogen) atoms. The number of hydrogen-bond acceptors (Lipinski definition) is 7. The summed E-state index contributed by atoms with van der Waals surface area (Å²) in [5, 5.41) is 9.39. The molecule has 3 aromatic heterocycles. The predicted octanol–water partition coefficient (Wildman–Crippen LogP) is 3.77. The van der Waals surface area contributed by atoms with E-state index < -0.39 is 0 Å². The van der Waals surface area contributed by atoms with Crippen molar-refractivity contribution in [3.05, 3.63) is 66.3 Å². The first kappa shape index (κ1) is 20.1. The molecule has 1 fully saturated rings. The zero-order valence-corrected chi connectivity index (χ0v) is 18.1. The standard InChI is InChI=1S/C24H24N6O2/c1-16(2)22-27-28-23(32-22)18-7-5-11-25-21(18)29-12-14-30(15-13-29)24(31)20-10-9-17-6-3-4-8-19(17)26-20/h3-11,16H,12-15H2,1-2H3. The average molecular weight is 428 g/mol. The number of carbonyl (C=O) groups excluding carboxylic acids is 1. The van der Waals surface area contributed by atoms with Crippen molar-refractivity contribution in [3.8, 4) is 11.5 Å². The molecule has 0 N–H and O–H groups in total. The predicted molar refractivity (Wildman–Crippen MR) is 121 cm³/mol. The molecule has 8 nitrogen and oxygen atoms in total. The van der Waals surface area contributed by atoms with Crippen molar-refractivity contribution in [2.45, 2.75) is 19.8 Å². The third kappa shape index (κ3) is 3.79. The van der Waals surface area contributed by atoms with E-state index in [-0.39, 0.29) is 11.8 Å². The lowest BCUT2D eigenvalue weighted by atomic mass is 10.2. The van der Waals surface area contributed by atoms with Crippen LogP contribution in [0.25, 0.3) is 22.4 Å². The summed E-state index contributed by atoms with van der Waals surface area (Å²) in [5.41, 5.74) is 2.11. The number of aromatic nitrogens is 4. The number of anilines is 1. The second kappa shape index (κ2) is 8.37. The smallest absolute Gasteiger partial charge is 0.272 e. The minimum absolute atomic E-state index is 0.0462. The third-order valence-corrected chi connectivity index (χ3v) is 5.64. The molecule has 8 heteroatoms. The van der Waals surface area contributed by atoms with E-state index in [1.807, 2.05) is 61.2 Å². The van der Waals surface area contributed by atoms with Gasteiger partial charge in [-0.15, -0.1) is 10.2 Å². The number of fused-ring (bicyclic) bond motifs is 1. The third-order valence-electron chi connectivity index (χ3n) is 5.64. The maximum absolute atomic E-state index is 13.0. The second-order valence-electron chi connectivity index (χ2n) is 8.14. The van der Waals surface area contributed by atoms with Gasteiger partial charge in [-0.3, -0.25) is 4.79 Å². The zero-order valence-electron chi connectivity index (χ0n) is 18.1. The molecular formula is C24H24N6O2. The van der Waals surface area contributed by atoms with Crippen LogP contribution in [0.1, 0.15) is 36.1 Å². The van der Waals surface area contributed by atoms with Crippen molar-refractivity contribution in [3.63, 3.8) is 0 Å². The number of nitrogens with zero attached hydrogens (tertiary/aromatic N) is 6. The number of carbonyl (C=O) groups is 1. The number of benzene rings is 1.